The van der Waals surface area contributed by atoms with E-state index >= 15 is 0 Å². The minimum Gasteiger partial charge on any atom is -0.324 e. The molecule has 3 aromatic rings. The number of anilines is 1. The predicted octanol–water partition coefficient (Wildman–Crippen LogP) is 6.69. The molecule has 2 aromatic carbocycles. The first-order valence-electron chi connectivity index (χ1n) is 10.0. The first-order valence-corrected chi connectivity index (χ1v) is 10.0. The normalized spacial score (nSPS) is 12.5. The summed E-state index contributed by atoms with van der Waals surface area (Å²) in [4.78, 5) is 16.9. The maximum Gasteiger partial charge on any atom is 0.229 e. The summed E-state index contributed by atoms with van der Waals surface area (Å²) < 4.78 is 0. The van der Waals surface area contributed by atoms with Crippen molar-refractivity contribution >= 4 is 34.6 Å². The van der Waals surface area contributed by atoms with Gasteiger partial charge in [-0.2, -0.15) is 0 Å². The van der Waals surface area contributed by atoms with Crippen LogP contribution in [0.5, 0.6) is 0 Å². The number of rotatable bonds is 3. The van der Waals surface area contributed by atoms with Crippen molar-refractivity contribution < 1.29 is 4.79 Å². The lowest BCUT2D eigenvalue weighted by Gasteiger charge is -2.19. The molecule has 150 valence electrons. The molecule has 0 saturated carbocycles. The second kappa shape index (κ2) is 7.82. The van der Waals surface area contributed by atoms with Crippen molar-refractivity contribution in [2.45, 2.75) is 47.0 Å². The van der Waals surface area contributed by atoms with Crippen LogP contribution in [0.25, 0.3) is 23.1 Å². The van der Waals surface area contributed by atoms with E-state index in [1.165, 1.54) is 5.56 Å². The molecule has 3 heteroatoms. The van der Waals surface area contributed by atoms with Crippen LogP contribution in [0.15, 0.2) is 54.7 Å². The van der Waals surface area contributed by atoms with Gasteiger partial charge in [0, 0.05) is 17.0 Å². The molecule has 0 aliphatic rings. The third kappa shape index (κ3) is 4.92. The second-order valence-corrected chi connectivity index (χ2v) is 9.51. The number of aromatic nitrogens is 1. The number of carbonyl (C=O) groups is 1. The monoisotopic (exact) mass is 386 g/mol. The summed E-state index contributed by atoms with van der Waals surface area (Å²) in [6.45, 7) is 12.4. The smallest absolute Gasteiger partial charge is 0.229 e. The van der Waals surface area contributed by atoms with Gasteiger partial charge in [0.2, 0.25) is 5.91 Å². The van der Waals surface area contributed by atoms with Gasteiger partial charge in [-0.3, -0.25) is 9.78 Å². The predicted molar refractivity (Wildman–Crippen MR) is 124 cm³/mol. The van der Waals surface area contributed by atoms with Crippen LogP contribution in [0, 0.1) is 5.41 Å². The highest BCUT2D eigenvalue weighted by molar-refractivity contribution is 6.04. The Morgan fingerprint density at radius 2 is 1.59 bits per heavy atom. The van der Waals surface area contributed by atoms with Crippen molar-refractivity contribution in [1.29, 1.82) is 0 Å². The fourth-order valence-corrected chi connectivity index (χ4v) is 3.03. The van der Waals surface area contributed by atoms with E-state index in [0.29, 0.717) is 0 Å². The van der Waals surface area contributed by atoms with E-state index in [1.54, 1.807) is 6.20 Å². The quantitative estimate of drug-likeness (QED) is 0.510. The fourth-order valence-electron chi connectivity index (χ4n) is 3.03. The Kier molecular flexibility index (Phi) is 5.61. The van der Waals surface area contributed by atoms with Crippen LogP contribution in [-0.2, 0) is 10.2 Å². The molecule has 0 bridgehead atoms. The van der Waals surface area contributed by atoms with E-state index in [4.69, 9.17) is 0 Å². The molecule has 0 atom stereocenters. The van der Waals surface area contributed by atoms with Crippen LogP contribution in [0.1, 0.15) is 58.2 Å². The van der Waals surface area contributed by atoms with Crippen molar-refractivity contribution in [2.24, 2.45) is 5.41 Å². The minimum absolute atomic E-state index is 0.0216. The number of nitrogens with one attached hydrogen (secondary N) is 1. The highest BCUT2D eigenvalue weighted by atomic mass is 16.2. The topological polar surface area (TPSA) is 42.0 Å². The summed E-state index contributed by atoms with van der Waals surface area (Å²) in [5, 5.41) is 4.04. The molecule has 0 aliphatic heterocycles. The second-order valence-electron chi connectivity index (χ2n) is 9.51. The van der Waals surface area contributed by atoms with E-state index in [-0.39, 0.29) is 11.3 Å². The maximum atomic E-state index is 12.4. The summed E-state index contributed by atoms with van der Waals surface area (Å²) in [5.41, 5.74) is 4.78. The molecule has 1 aromatic heterocycles. The van der Waals surface area contributed by atoms with E-state index in [9.17, 15) is 4.79 Å². The molecule has 1 N–H and O–H groups in total. The third-order valence-corrected chi connectivity index (χ3v) is 4.96. The van der Waals surface area contributed by atoms with Gasteiger partial charge in [0.15, 0.2) is 0 Å². The summed E-state index contributed by atoms with van der Waals surface area (Å²) >= 11 is 0. The largest absolute Gasteiger partial charge is 0.324 e. The molecule has 1 amide bonds. The number of benzene rings is 2. The number of hydrogen-bond donors (Lipinski definition) is 1. The number of carbonyl (C=O) groups excluding carboxylic acids is 1. The Bertz CT molecular complexity index is 1050. The van der Waals surface area contributed by atoms with Gasteiger partial charge in [0.25, 0.3) is 0 Å². The zero-order valence-electron chi connectivity index (χ0n) is 18.2. The number of nitrogens with zero attached hydrogens (tertiary/aromatic N) is 1. The molecule has 0 saturated heterocycles. The molecule has 0 aliphatic carbocycles. The molecule has 29 heavy (non-hydrogen) atoms. The van der Waals surface area contributed by atoms with Crippen LogP contribution >= 0.6 is 0 Å². The van der Waals surface area contributed by atoms with Crippen molar-refractivity contribution in [3.63, 3.8) is 0 Å². The Hall–Kier alpha value is -2.94. The third-order valence-electron chi connectivity index (χ3n) is 4.96. The average Bonchev–Trinajstić information content (AvgIpc) is 2.66. The Morgan fingerprint density at radius 3 is 2.21 bits per heavy atom. The van der Waals surface area contributed by atoms with Crippen molar-refractivity contribution in [2.75, 3.05) is 5.32 Å². The highest BCUT2D eigenvalue weighted by Crippen LogP contribution is 2.28. The van der Waals surface area contributed by atoms with Crippen LogP contribution in [-0.4, -0.2) is 10.9 Å². The summed E-state index contributed by atoms with van der Waals surface area (Å²) in [5.74, 6) is -0.0216. The van der Waals surface area contributed by atoms with Gasteiger partial charge in [-0.1, -0.05) is 90.1 Å². The van der Waals surface area contributed by atoms with Gasteiger partial charge in [-0.25, -0.2) is 0 Å². The number of fused-ring (bicyclic) bond motifs is 1. The van der Waals surface area contributed by atoms with Gasteiger partial charge in [0.1, 0.15) is 0 Å². The summed E-state index contributed by atoms with van der Waals surface area (Å²) in [7, 11) is 0. The molecule has 0 fully saturated rings. The lowest BCUT2D eigenvalue weighted by atomic mass is 9.87. The lowest BCUT2D eigenvalue weighted by molar-refractivity contribution is -0.123. The van der Waals surface area contributed by atoms with Crippen molar-refractivity contribution in [3.05, 3.63) is 71.4 Å². The Morgan fingerprint density at radius 1 is 0.897 bits per heavy atom. The van der Waals surface area contributed by atoms with Crippen LogP contribution in [0.2, 0.25) is 0 Å². The molecular formula is C26H30N2O. The Balaban J connectivity index is 1.92. The van der Waals surface area contributed by atoms with E-state index < -0.39 is 5.41 Å². The molecular weight excluding hydrogens is 356 g/mol. The first kappa shape index (κ1) is 20.8. The number of hydrogen-bond acceptors (Lipinski definition) is 2. The maximum absolute atomic E-state index is 12.4. The van der Waals surface area contributed by atoms with E-state index in [0.717, 1.165) is 27.7 Å². The molecule has 3 rings (SSSR count). The average molecular weight is 387 g/mol. The molecule has 0 radical (unpaired) electrons. The Labute approximate surface area is 173 Å². The highest BCUT2D eigenvalue weighted by Gasteiger charge is 2.22. The molecule has 1 heterocycles. The van der Waals surface area contributed by atoms with E-state index in [2.05, 4.69) is 67.5 Å². The van der Waals surface area contributed by atoms with Gasteiger partial charge in [0.05, 0.1) is 11.2 Å². The minimum atomic E-state index is -0.459. The summed E-state index contributed by atoms with van der Waals surface area (Å²) in [6, 6.07) is 16.6. The fraction of sp³-hybridized carbons (Fsp3) is 0.308. The van der Waals surface area contributed by atoms with Crippen LogP contribution < -0.4 is 5.32 Å². The zero-order valence-corrected chi connectivity index (χ0v) is 18.2. The van der Waals surface area contributed by atoms with Gasteiger partial charge < -0.3 is 5.32 Å². The van der Waals surface area contributed by atoms with Crippen molar-refractivity contribution in [1.82, 2.24) is 4.98 Å². The lowest BCUT2D eigenvalue weighted by Crippen LogP contribution is -2.27. The van der Waals surface area contributed by atoms with Crippen LogP contribution in [0.3, 0.4) is 0 Å². The number of pyridine rings is 1. The molecule has 0 unspecified atom stereocenters. The molecule has 3 nitrogen and oxygen atoms in total. The molecule has 0 spiro atoms. The van der Waals surface area contributed by atoms with Gasteiger partial charge in [-0.05, 0) is 34.2 Å². The zero-order chi connectivity index (χ0) is 21.2. The first-order chi connectivity index (χ1) is 13.6. The van der Waals surface area contributed by atoms with Crippen molar-refractivity contribution in [3.8, 4) is 0 Å². The van der Waals surface area contributed by atoms with Gasteiger partial charge in [-0.15, -0.1) is 0 Å². The summed E-state index contributed by atoms with van der Waals surface area (Å²) in [6.07, 6.45) is 5.97. The SMILES string of the molecule is CC(C)(C)C(=O)Nc1ccc(C=Cc2ccc(C(C)(C)C)cc2)c2cccnc12. The standard InChI is InChI=1S/C26H30N2O/c1-25(2,3)20-14-10-18(11-15-20)9-12-19-13-16-22(28-24(29)26(4,5)6)23-21(19)8-7-17-27-23/h7-17H,1-6H3,(H,28,29). The van der Waals surface area contributed by atoms with E-state index in [1.807, 2.05) is 45.0 Å². The van der Waals surface area contributed by atoms with Crippen LogP contribution in [0.4, 0.5) is 5.69 Å². The van der Waals surface area contributed by atoms with Gasteiger partial charge >= 0.3 is 0 Å². The number of amides is 1.